The van der Waals surface area contributed by atoms with Crippen LogP contribution in [-0.4, -0.2) is 68.5 Å². The standard InChI is InChI=1S/C110H158N4O8/c1-5-9-13-17-21-25-29-33-37-41-45-49-53-57-77-119-93-81-91(82-94(85-93)120-78-58-54-50-46-42-38-34-30-26-22-18-14-10-6-2)107-101-73-69-97(111-101)105(87-61-65-89(66-62-87)109(115)116)99-71-75-103(113-99)108(104-76-72-100(114-104)106(98-70-74-102(107)112-98)88-63-67-90(68-64-88)110(117)118)92-83-95(121-79-59-55-51-47-43-39-35-31-27-23-19-15-11-7-3)86-96(84-92)122-80-60-56-52-48-44-40-36-32-28-24-20-16-12-8-4/h61-76,81-86,111,114H,5-60,77-80H2,1-4H3,(H,115,116)(H,117,118). The Morgan fingerprint density at radius 1 is 0.238 bits per heavy atom. The second-order valence-corrected chi connectivity index (χ2v) is 35.4. The van der Waals surface area contributed by atoms with Gasteiger partial charge in [0.2, 0.25) is 0 Å². The number of nitrogens with zero attached hydrogens (tertiary/aromatic N) is 2. The summed E-state index contributed by atoms with van der Waals surface area (Å²) >= 11 is 0. The fourth-order valence-electron chi connectivity index (χ4n) is 17.7. The maximum atomic E-state index is 12.6. The number of hydrogen-bond donors (Lipinski definition) is 4. The van der Waals surface area contributed by atoms with Gasteiger partial charge in [-0.25, -0.2) is 19.6 Å². The summed E-state index contributed by atoms with van der Waals surface area (Å²) in [6, 6.07) is 35.2. The number of ether oxygens (including phenoxy) is 4. The van der Waals surface area contributed by atoms with Gasteiger partial charge in [0.25, 0.3) is 0 Å². The second-order valence-electron chi connectivity index (χ2n) is 35.4. The van der Waals surface area contributed by atoms with E-state index in [4.69, 9.17) is 28.9 Å². The lowest BCUT2D eigenvalue weighted by Crippen LogP contribution is -2.01. The molecular weight excluding hydrogens is 1510 g/mol. The van der Waals surface area contributed by atoms with Crippen LogP contribution in [-0.2, 0) is 0 Å². The van der Waals surface area contributed by atoms with E-state index >= 15 is 0 Å². The van der Waals surface area contributed by atoms with Crippen molar-refractivity contribution in [3.63, 3.8) is 0 Å². The molecule has 0 saturated heterocycles. The summed E-state index contributed by atoms with van der Waals surface area (Å²) in [7, 11) is 0. The first-order valence-corrected chi connectivity index (χ1v) is 49.8. The molecule has 0 atom stereocenters. The molecule has 0 saturated carbocycles. The van der Waals surface area contributed by atoms with Gasteiger partial charge in [0.15, 0.2) is 0 Å². The summed E-state index contributed by atoms with van der Waals surface area (Å²) in [5, 5.41) is 20.6. The lowest BCUT2D eigenvalue weighted by Gasteiger charge is -2.14. The molecule has 5 heterocycles. The third-order valence-corrected chi connectivity index (χ3v) is 25.0. The molecule has 4 N–H and O–H groups in total. The van der Waals surface area contributed by atoms with Gasteiger partial charge in [0, 0.05) is 56.5 Å². The number of carboxylic acids is 2. The van der Waals surface area contributed by atoms with E-state index in [0.29, 0.717) is 49.2 Å². The molecule has 0 fully saturated rings. The minimum Gasteiger partial charge on any atom is -0.493 e. The molecule has 4 aromatic carbocycles. The molecule has 7 aromatic rings. The van der Waals surface area contributed by atoms with Crippen LogP contribution in [0.3, 0.4) is 0 Å². The van der Waals surface area contributed by atoms with Crippen LogP contribution in [0.1, 0.15) is 431 Å². The summed E-state index contributed by atoms with van der Waals surface area (Å²) in [6.07, 6.45) is 80.3. The Bertz CT molecular complexity index is 3940. The molecule has 0 unspecified atom stereocenters. The Kier molecular flexibility index (Phi) is 47.5. The van der Waals surface area contributed by atoms with Gasteiger partial charge >= 0.3 is 11.9 Å². The van der Waals surface area contributed by atoms with Gasteiger partial charge in [0.05, 0.1) is 60.3 Å². The zero-order valence-corrected chi connectivity index (χ0v) is 76.4. The number of nitrogens with one attached hydrogen (secondary N) is 2. The Labute approximate surface area is 736 Å². The van der Waals surface area contributed by atoms with E-state index in [1.807, 2.05) is 24.3 Å². The van der Waals surface area contributed by atoms with Gasteiger partial charge in [-0.1, -0.05) is 386 Å². The van der Waals surface area contributed by atoms with E-state index in [9.17, 15) is 19.8 Å². The quantitative estimate of drug-likeness (QED) is 0.0269. The van der Waals surface area contributed by atoms with Gasteiger partial charge in [-0.05, 0) is 145 Å². The van der Waals surface area contributed by atoms with Crippen LogP contribution in [0.25, 0.3) is 90.9 Å². The highest BCUT2D eigenvalue weighted by atomic mass is 16.5. The molecule has 666 valence electrons. The number of carbonyl (C=O) groups is 2. The van der Waals surface area contributed by atoms with E-state index in [2.05, 4.69) is 123 Å². The van der Waals surface area contributed by atoms with Gasteiger partial charge in [-0.2, -0.15) is 0 Å². The number of aromatic carboxylic acids is 2. The topological polar surface area (TPSA) is 169 Å². The van der Waals surface area contributed by atoms with Crippen LogP contribution in [0.2, 0.25) is 0 Å². The van der Waals surface area contributed by atoms with Crippen molar-refractivity contribution in [2.45, 2.75) is 387 Å². The molecule has 0 spiro atoms. The lowest BCUT2D eigenvalue weighted by atomic mass is 10.0. The minimum atomic E-state index is -0.999. The number of benzene rings is 4. The number of carboxylic acid groups (broad SMARTS) is 2. The van der Waals surface area contributed by atoms with Crippen molar-refractivity contribution >= 4 is 58.3 Å². The predicted octanol–water partition coefficient (Wildman–Crippen LogP) is 34.2. The fourth-order valence-corrected chi connectivity index (χ4v) is 17.7. The third kappa shape index (κ3) is 35.7. The summed E-state index contributed by atoms with van der Waals surface area (Å²) in [4.78, 5) is 44.3. The summed E-state index contributed by atoms with van der Waals surface area (Å²) in [5.74, 6) is 0.921. The zero-order valence-electron chi connectivity index (χ0n) is 76.4. The molecule has 8 bridgehead atoms. The van der Waals surface area contributed by atoms with Gasteiger partial charge < -0.3 is 39.1 Å². The van der Waals surface area contributed by atoms with Crippen LogP contribution in [0.15, 0.2) is 109 Å². The highest BCUT2D eigenvalue weighted by Gasteiger charge is 2.23. The minimum absolute atomic E-state index is 0.189. The van der Waals surface area contributed by atoms with E-state index < -0.39 is 11.9 Å². The van der Waals surface area contributed by atoms with Crippen molar-refractivity contribution in [2.24, 2.45) is 0 Å². The van der Waals surface area contributed by atoms with Crippen LogP contribution in [0.5, 0.6) is 23.0 Å². The predicted molar refractivity (Wildman–Crippen MR) is 518 cm³/mol. The molecule has 0 amide bonds. The van der Waals surface area contributed by atoms with Crippen LogP contribution in [0.4, 0.5) is 0 Å². The first-order valence-electron chi connectivity index (χ1n) is 49.8. The number of hydrogen-bond acceptors (Lipinski definition) is 8. The van der Waals surface area contributed by atoms with Crippen molar-refractivity contribution in [1.29, 1.82) is 0 Å². The van der Waals surface area contributed by atoms with E-state index in [0.717, 1.165) is 141 Å². The molecule has 0 radical (unpaired) electrons. The van der Waals surface area contributed by atoms with Gasteiger partial charge in [-0.15, -0.1) is 0 Å². The van der Waals surface area contributed by atoms with Crippen molar-refractivity contribution in [2.75, 3.05) is 26.4 Å². The van der Waals surface area contributed by atoms with Crippen LogP contribution >= 0.6 is 0 Å². The molecule has 12 heteroatoms. The maximum absolute atomic E-state index is 12.6. The van der Waals surface area contributed by atoms with E-state index in [1.165, 1.54) is 308 Å². The normalized spacial score (nSPS) is 11.8. The SMILES string of the molecule is CCCCCCCCCCCCCCCCOc1cc(OCCCCCCCCCCCCCCCC)cc(-c2c3nc(c(-c4ccc(C(=O)O)cc4)c4ccc([nH]4)c(-c4cc(OCCCCCCCCCCCCCCCC)cc(OCCCCCCCCCCCCCCCC)c4)c4nc(c(-c5ccc(C(=O)O)cc5)c5ccc2[nH]5)C=C4)C=C3)c1. The number of H-pyrrole nitrogens is 2. The molecule has 0 aliphatic carbocycles. The number of unbranched alkanes of at least 4 members (excludes halogenated alkanes) is 52. The van der Waals surface area contributed by atoms with Crippen LogP contribution in [0, 0.1) is 0 Å². The first kappa shape index (κ1) is 97.4. The van der Waals surface area contributed by atoms with Crippen molar-refractivity contribution < 1.29 is 38.7 Å². The highest BCUT2D eigenvalue weighted by molar-refractivity contribution is 6.01. The lowest BCUT2D eigenvalue weighted by molar-refractivity contribution is 0.0686. The van der Waals surface area contributed by atoms with Crippen molar-refractivity contribution in [3.05, 3.63) is 143 Å². The molecule has 2 aliphatic rings. The Hall–Kier alpha value is -8.38. The number of aromatic amines is 2. The second kappa shape index (κ2) is 59.5. The highest BCUT2D eigenvalue weighted by Crippen LogP contribution is 2.42. The van der Waals surface area contributed by atoms with Crippen LogP contribution < -0.4 is 18.9 Å². The Balaban J connectivity index is 1.07. The molecule has 122 heavy (non-hydrogen) atoms. The van der Waals surface area contributed by atoms with Crippen molar-refractivity contribution in [1.82, 2.24) is 19.9 Å². The number of aromatic nitrogens is 4. The number of rotatable bonds is 70. The smallest absolute Gasteiger partial charge is 0.335 e. The fraction of sp³-hybridized carbons (Fsp3) is 0.582. The monoisotopic (exact) mass is 1660 g/mol. The summed E-state index contributed by atoms with van der Waals surface area (Å²) in [5.41, 5.74) is 12.8. The molecule has 12 nitrogen and oxygen atoms in total. The first-order chi connectivity index (χ1) is 60.1. The molecule has 2 aliphatic heterocycles. The summed E-state index contributed by atoms with van der Waals surface area (Å²) in [6.45, 7) is 11.5. The van der Waals surface area contributed by atoms with E-state index in [1.54, 1.807) is 24.3 Å². The Morgan fingerprint density at radius 2 is 0.418 bits per heavy atom. The molecule has 3 aromatic heterocycles. The average Bonchev–Trinajstić information content (AvgIpc) is 1.63. The number of fused-ring (bicyclic) bond motifs is 8. The Morgan fingerprint density at radius 3 is 0.607 bits per heavy atom. The average molecular weight is 1660 g/mol. The maximum Gasteiger partial charge on any atom is 0.335 e. The van der Waals surface area contributed by atoms with Crippen molar-refractivity contribution in [3.8, 4) is 67.5 Å². The zero-order chi connectivity index (χ0) is 85.5. The third-order valence-electron chi connectivity index (χ3n) is 25.0. The van der Waals surface area contributed by atoms with Gasteiger partial charge in [0.1, 0.15) is 23.0 Å². The molecule has 9 rings (SSSR count). The summed E-state index contributed by atoms with van der Waals surface area (Å²) < 4.78 is 27.3. The largest absolute Gasteiger partial charge is 0.493 e. The van der Waals surface area contributed by atoms with E-state index in [-0.39, 0.29) is 11.1 Å². The molecular formula is C110H158N4O8. The van der Waals surface area contributed by atoms with Gasteiger partial charge in [-0.3, -0.25) is 0 Å².